The van der Waals surface area contributed by atoms with Gasteiger partial charge in [-0.05, 0) is 11.1 Å². The number of nitrogens with zero attached hydrogens (tertiary/aromatic N) is 5. The van der Waals surface area contributed by atoms with Crippen molar-refractivity contribution in [3.05, 3.63) is 53.4 Å². The third kappa shape index (κ3) is 5.81. The predicted molar refractivity (Wildman–Crippen MR) is 116 cm³/mol. The van der Waals surface area contributed by atoms with Crippen LogP contribution >= 0.6 is 0 Å². The number of aliphatic imine (C=N–C) groups is 1. The molecule has 1 aromatic heterocycles. The van der Waals surface area contributed by atoms with Crippen molar-refractivity contribution < 1.29 is 9.26 Å². The number of benzene rings is 1. The Morgan fingerprint density at radius 1 is 0.933 bits per heavy atom. The molecule has 162 valence electrons. The van der Waals surface area contributed by atoms with E-state index >= 15 is 0 Å². The Bertz CT molecular complexity index is 778. The van der Waals surface area contributed by atoms with E-state index in [1.807, 2.05) is 13.1 Å². The fraction of sp³-hybridized carbons (Fsp3) is 0.545. The van der Waals surface area contributed by atoms with Crippen LogP contribution in [0.25, 0.3) is 0 Å². The Morgan fingerprint density at radius 2 is 1.63 bits per heavy atom. The molecule has 4 rings (SSSR count). The summed E-state index contributed by atoms with van der Waals surface area (Å²) >= 11 is 0. The van der Waals surface area contributed by atoms with Crippen LogP contribution < -0.4 is 5.32 Å². The van der Waals surface area contributed by atoms with Crippen LogP contribution in [0.5, 0.6) is 0 Å². The van der Waals surface area contributed by atoms with Crippen molar-refractivity contribution in [1.29, 1.82) is 0 Å². The fourth-order valence-corrected chi connectivity index (χ4v) is 3.96. The predicted octanol–water partition coefficient (Wildman–Crippen LogP) is 1.40. The number of hydrogen-bond acceptors (Lipinski definition) is 6. The van der Waals surface area contributed by atoms with Gasteiger partial charge in [0.05, 0.1) is 18.9 Å². The molecule has 0 atom stereocenters. The van der Waals surface area contributed by atoms with E-state index < -0.39 is 0 Å². The van der Waals surface area contributed by atoms with Crippen LogP contribution in [0, 0.1) is 0 Å². The molecule has 0 unspecified atom stereocenters. The number of hydrogen-bond donors (Lipinski definition) is 1. The molecule has 8 nitrogen and oxygen atoms in total. The second kappa shape index (κ2) is 10.6. The van der Waals surface area contributed by atoms with Crippen LogP contribution in [0.15, 0.2) is 46.1 Å². The maximum Gasteiger partial charge on any atom is 0.194 e. The van der Waals surface area contributed by atoms with E-state index in [1.165, 1.54) is 11.1 Å². The Kier molecular flexibility index (Phi) is 7.34. The summed E-state index contributed by atoms with van der Waals surface area (Å²) in [5.41, 5.74) is 3.61. The second-order valence-corrected chi connectivity index (χ2v) is 7.86. The van der Waals surface area contributed by atoms with E-state index in [1.54, 1.807) is 6.26 Å². The smallest absolute Gasteiger partial charge is 0.194 e. The third-order valence-electron chi connectivity index (χ3n) is 5.74. The molecule has 30 heavy (non-hydrogen) atoms. The van der Waals surface area contributed by atoms with Crippen molar-refractivity contribution in [2.24, 2.45) is 4.99 Å². The van der Waals surface area contributed by atoms with Gasteiger partial charge in [-0.1, -0.05) is 29.4 Å². The standard InChI is InChI=1S/C22H32N6O2/c1-23-22(28-9-7-26(8-10-28)18-21-6-13-30-25-21)24-16-19-2-4-20(5-3-19)17-27-11-14-29-15-12-27/h2-6,13H,7-12,14-18H2,1H3,(H,23,24). The van der Waals surface area contributed by atoms with Gasteiger partial charge in [0.1, 0.15) is 6.26 Å². The van der Waals surface area contributed by atoms with E-state index in [0.717, 1.165) is 83.8 Å². The minimum Gasteiger partial charge on any atom is -0.379 e. The maximum atomic E-state index is 5.43. The number of rotatable bonds is 6. The Morgan fingerprint density at radius 3 is 2.30 bits per heavy atom. The number of morpholine rings is 1. The van der Waals surface area contributed by atoms with Crippen LogP contribution in [-0.4, -0.2) is 85.3 Å². The maximum absolute atomic E-state index is 5.43. The molecule has 1 N–H and O–H groups in total. The highest BCUT2D eigenvalue weighted by Gasteiger charge is 2.20. The van der Waals surface area contributed by atoms with Gasteiger partial charge in [0, 0.05) is 72.0 Å². The summed E-state index contributed by atoms with van der Waals surface area (Å²) in [6.07, 6.45) is 1.63. The molecule has 0 amide bonds. The lowest BCUT2D eigenvalue weighted by atomic mass is 10.1. The summed E-state index contributed by atoms with van der Waals surface area (Å²) in [5, 5.41) is 7.53. The zero-order valence-corrected chi connectivity index (χ0v) is 17.8. The highest BCUT2D eigenvalue weighted by molar-refractivity contribution is 5.80. The van der Waals surface area contributed by atoms with Gasteiger partial charge in [0.15, 0.2) is 5.96 Å². The first-order chi connectivity index (χ1) is 14.8. The van der Waals surface area contributed by atoms with Crippen molar-refractivity contribution in [2.45, 2.75) is 19.6 Å². The highest BCUT2D eigenvalue weighted by Crippen LogP contribution is 2.10. The Hall–Kier alpha value is -2.42. The van der Waals surface area contributed by atoms with Gasteiger partial charge >= 0.3 is 0 Å². The average Bonchev–Trinajstić information content (AvgIpc) is 3.30. The number of guanidine groups is 1. The van der Waals surface area contributed by atoms with E-state index in [9.17, 15) is 0 Å². The minimum absolute atomic E-state index is 0.781. The summed E-state index contributed by atoms with van der Waals surface area (Å²) < 4.78 is 10.4. The molecule has 2 aliphatic heterocycles. The van der Waals surface area contributed by atoms with Gasteiger partial charge in [0.2, 0.25) is 0 Å². The van der Waals surface area contributed by atoms with Crippen LogP contribution in [0.3, 0.4) is 0 Å². The van der Waals surface area contributed by atoms with Crippen LogP contribution in [-0.2, 0) is 24.4 Å². The van der Waals surface area contributed by atoms with Crippen molar-refractivity contribution in [3.8, 4) is 0 Å². The molecule has 2 aliphatic rings. The first-order valence-corrected chi connectivity index (χ1v) is 10.8. The zero-order valence-electron chi connectivity index (χ0n) is 17.8. The first-order valence-electron chi connectivity index (χ1n) is 10.8. The van der Waals surface area contributed by atoms with Gasteiger partial charge in [-0.3, -0.25) is 14.8 Å². The quantitative estimate of drug-likeness (QED) is 0.568. The topological polar surface area (TPSA) is 69.4 Å². The number of aromatic nitrogens is 1. The van der Waals surface area contributed by atoms with E-state index in [4.69, 9.17) is 9.26 Å². The fourth-order valence-electron chi connectivity index (χ4n) is 3.96. The molecule has 2 fully saturated rings. The van der Waals surface area contributed by atoms with Crippen molar-refractivity contribution >= 4 is 5.96 Å². The zero-order chi connectivity index (χ0) is 20.6. The van der Waals surface area contributed by atoms with E-state index in [-0.39, 0.29) is 0 Å². The van der Waals surface area contributed by atoms with Crippen LogP contribution in [0.2, 0.25) is 0 Å². The van der Waals surface area contributed by atoms with Gasteiger partial charge < -0.3 is 19.5 Å². The lowest BCUT2D eigenvalue weighted by molar-refractivity contribution is 0.0342. The molecule has 0 bridgehead atoms. The molecule has 2 saturated heterocycles. The molecule has 0 spiro atoms. The van der Waals surface area contributed by atoms with Crippen molar-refractivity contribution in [2.75, 3.05) is 59.5 Å². The van der Waals surface area contributed by atoms with Crippen LogP contribution in [0.1, 0.15) is 16.8 Å². The third-order valence-corrected chi connectivity index (χ3v) is 5.74. The monoisotopic (exact) mass is 412 g/mol. The Balaban J connectivity index is 1.21. The summed E-state index contributed by atoms with van der Waals surface area (Å²) in [6, 6.07) is 10.8. The number of nitrogens with one attached hydrogen (secondary N) is 1. The van der Waals surface area contributed by atoms with Gasteiger partial charge in [-0.15, -0.1) is 0 Å². The van der Waals surface area contributed by atoms with Crippen LogP contribution in [0.4, 0.5) is 0 Å². The summed E-state index contributed by atoms with van der Waals surface area (Å²) in [4.78, 5) is 11.7. The first kappa shape index (κ1) is 20.8. The summed E-state index contributed by atoms with van der Waals surface area (Å²) in [7, 11) is 1.86. The summed E-state index contributed by atoms with van der Waals surface area (Å²) in [5.74, 6) is 0.966. The molecule has 2 aromatic rings. The average molecular weight is 413 g/mol. The summed E-state index contributed by atoms with van der Waals surface area (Å²) in [6.45, 7) is 10.2. The molecule has 3 heterocycles. The van der Waals surface area contributed by atoms with Gasteiger partial charge in [-0.25, -0.2) is 0 Å². The normalized spacial score (nSPS) is 19.2. The number of ether oxygens (including phenoxy) is 1. The minimum atomic E-state index is 0.781. The van der Waals surface area contributed by atoms with Gasteiger partial charge in [-0.2, -0.15) is 0 Å². The molecular formula is C22H32N6O2. The van der Waals surface area contributed by atoms with Crippen molar-refractivity contribution in [1.82, 2.24) is 25.2 Å². The lowest BCUT2D eigenvalue weighted by Crippen LogP contribution is -2.52. The largest absolute Gasteiger partial charge is 0.379 e. The molecule has 0 aliphatic carbocycles. The Labute approximate surface area is 178 Å². The molecule has 8 heteroatoms. The molecular weight excluding hydrogens is 380 g/mol. The highest BCUT2D eigenvalue weighted by atomic mass is 16.5. The second-order valence-electron chi connectivity index (χ2n) is 7.86. The number of piperazine rings is 1. The SMILES string of the molecule is CN=C(NCc1ccc(CN2CCOCC2)cc1)N1CCN(Cc2ccon2)CC1. The molecule has 0 radical (unpaired) electrons. The van der Waals surface area contributed by atoms with Crippen molar-refractivity contribution in [3.63, 3.8) is 0 Å². The van der Waals surface area contributed by atoms with E-state index in [0.29, 0.717) is 0 Å². The lowest BCUT2D eigenvalue weighted by Gasteiger charge is -2.36. The molecule has 1 aromatic carbocycles. The van der Waals surface area contributed by atoms with E-state index in [2.05, 4.69) is 54.4 Å². The molecule has 0 saturated carbocycles. The van der Waals surface area contributed by atoms with Gasteiger partial charge in [0.25, 0.3) is 0 Å².